The number of sulfone groups is 1. The van der Waals surface area contributed by atoms with E-state index < -0.39 is 9.84 Å². The number of piperazine rings is 1. The molecule has 162 valence electrons. The van der Waals surface area contributed by atoms with E-state index in [0.29, 0.717) is 49.6 Å². The Morgan fingerprint density at radius 2 is 1.87 bits per heavy atom. The number of carbonyl (C=O) groups excluding carboxylic acids is 1. The molecular weight excluding hydrogens is 414 g/mol. The van der Waals surface area contributed by atoms with Crippen molar-refractivity contribution in [1.82, 2.24) is 14.8 Å². The van der Waals surface area contributed by atoms with Gasteiger partial charge in [0.2, 0.25) is 0 Å². The summed E-state index contributed by atoms with van der Waals surface area (Å²) in [6.07, 6.45) is 0.692. The lowest BCUT2D eigenvalue weighted by molar-refractivity contribution is 0.0589. The molecule has 0 bridgehead atoms. The lowest BCUT2D eigenvalue weighted by atomic mass is 10.0. The van der Waals surface area contributed by atoms with Crippen molar-refractivity contribution in [2.24, 2.45) is 0 Å². The van der Waals surface area contributed by atoms with E-state index in [0.717, 1.165) is 16.7 Å². The summed E-state index contributed by atoms with van der Waals surface area (Å²) >= 11 is 0. The molecule has 0 aliphatic carbocycles. The third-order valence-electron chi connectivity index (χ3n) is 6.27. The summed E-state index contributed by atoms with van der Waals surface area (Å²) in [5.74, 6) is 1.92. The lowest BCUT2D eigenvalue weighted by Crippen LogP contribution is -2.52. The van der Waals surface area contributed by atoms with Crippen molar-refractivity contribution in [3.8, 4) is 11.5 Å². The Balaban J connectivity index is 1.40. The zero-order valence-electron chi connectivity index (χ0n) is 17.5. The third kappa shape index (κ3) is 3.97. The van der Waals surface area contributed by atoms with Crippen molar-refractivity contribution in [2.45, 2.75) is 19.4 Å². The second kappa shape index (κ2) is 7.76. The van der Waals surface area contributed by atoms with Gasteiger partial charge >= 0.3 is 0 Å². The zero-order valence-corrected chi connectivity index (χ0v) is 18.3. The quantitative estimate of drug-likeness (QED) is 0.624. The molecular formula is C23H25N3O4S. The van der Waals surface area contributed by atoms with Crippen LogP contribution in [0.2, 0.25) is 0 Å². The van der Waals surface area contributed by atoms with Crippen molar-refractivity contribution in [3.05, 3.63) is 53.8 Å². The van der Waals surface area contributed by atoms with E-state index in [4.69, 9.17) is 9.40 Å². The highest BCUT2D eigenvalue weighted by Gasteiger charge is 2.34. The molecule has 2 aromatic heterocycles. The Morgan fingerprint density at radius 1 is 1.10 bits per heavy atom. The van der Waals surface area contributed by atoms with Crippen molar-refractivity contribution >= 4 is 26.6 Å². The van der Waals surface area contributed by atoms with E-state index in [1.54, 1.807) is 0 Å². The van der Waals surface area contributed by atoms with Gasteiger partial charge in [-0.3, -0.25) is 9.69 Å². The molecule has 4 heterocycles. The number of benzene rings is 1. The van der Waals surface area contributed by atoms with Crippen molar-refractivity contribution in [1.29, 1.82) is 0 Å². The van der Waals surface area contributed by atoms with Gasteiger partial charge in [0.15, 0.2) is 15.6 Å². The SMILES string of the molecule is Cc1ccc(-c2cc(C(=O)N3CCN([C@H]4CCS(=O)(=O)C4)CC3)c3ccccc3n2)o1. The Hall–Kier alpha value is -2.71. The van der Waals surface area contributed by atoms with Crippen LogP contribution in [0.1, 0.15) is 22.5 Å². The van der Waals surface area contributed by atoms with Crippen LogP contribution in [0.3, 0.4) is 0 Å². The van der Waals surface area contributed by atoms with Gasteiger partial charge in [-0.15, -0.1) is 0 Å². The molecule has 0 saturated carbocycles. The standard InChI is InChI=1S/C23H25N3O4S/c1-16-6-7-22(30-16)21-14-19(18-4-2-3-5-20(18)24-21)23(27)26-11-9-25(10-12-26)17-8-13-31(28,29)15-17/h2-7,14,17H,8-13,15H2,1H3/t17-/m0/s1. The average Bonchev–Trinajstić information content (AvgIpc) is 3.37. The number of rotatable bonds is 3. The molecule has 31 heavy (non-hydrogen) atoms. The highest BCUT2D eigenvalue weighted by molar-refractivity contribution is 7.91. The number of hydrogen-bond donors (Lipinski definition) is 0. The van der Waals surface area contributed by atoms with Crippen LogP contribution < -0.4 is 0 Å². The highest BCUT2D eigenvalue weighted by Crippen LogP contribution is 2.28. The molecule has 2 aliphatic rings. The van der Waals surface area contributed by atoms with Gasteiger partial charge in [-0.25, -0.2) is 13.4 Å². The van der Waals surface area contributed by atoms with Gasteiger partial charge < -0.3 is 9.32 Å². The molecule has 0 N–H and O–H groups in total. The average molecular weight is 440 g/mol. The first-order chi connectivity index (χ1) is 14.9. The fraction of sp³-hybridized carbons (Fsp3) is 0.391. The van der Waals surface area contributed by atoms with E-state index in [1.165, 1.54) is 0 Å². The number of hydrogen-bond acceptors (Lipinski definition) is 6. The van der Waals surface area contributed by atoms with Crippen LogP contribution in [0.15, 0.2) is 46.9 Å². The van der Waals surface area contributed by atoms with Gasteiger partial charge in [0.1, 0.15) is 11.5 Å². The Labute approximate surface area is 181 Å². The fourth-order valence-corrected chi connectivity index (χ4v) is 6.34. The first-order valence-corrected chi connectivity index (χ1v) is 12.4. The van der Waals surface area contributed by atoms with E-state index in [2.05, 4.69) is 4.90 Å². The molecule has 2 fully saturated rings. The molecule has 2 saturated heterocycles. The Kier molecular flexibility index (Phi) is 5.06. The second-order valence-electron chi connectivity index (χ2n) is 8.37. The number of amides is 1. The zero-order chi connectivity index (χ0) is 21.6. The summed E-state index contributed by atoms with van der Waals surface area (Å²) < 4.78 is 29.4. The van der Waals surface area contributed by atoms with E-state index in [-0.39, 0.29) is 23.5 Å². The normalized spacial score (nSPS) is 21.6. The summed E-state index contributed by atoms with van der Waals surface area (Å²) in [6, 6.07) is 13.3. The molecule has 0 spiro atoms. The minimum Gasteiger partial charge on any atom is -0.460 e. The molecule has 8 heteroatoms. The van der Waals surface area contributed by atoms with Gasteiger partial charge in [-0.1, -0.05) is 18.2 Å². The molecule has 2 aliphatic heterocycles. The molecule has 0 radical (unpaired) electrons. The van der Waals surface area contributed by atoms with Crippen LogP contribution in [0.5, 0.6) is 0 Å². The summed E-state index contributed by atoms with van der Waals surface area (Å²) in [5.41, 5.74) is 2.02. The number of aryl methyl sites for hydroxylation is 1. The van der Waals surface area contributed by atoms with Crippen LogP contribution in [0, 0.1) is 6.92 Å². The van der Waals surface area contributed by atoms with Gasteiger partial charge in [0, 0.05) is 37.6 Å². The molecule has 1 amide bonds. The highest BCUT2D eigenvalue weighted by atomic mass is 32.2. The predicted octanol–water partition coefficient (Wildman–Crippen LogP) is 2.75. The monoisotopic (exact) mass is 439 g/mol. The number of aromatic nitrogens is 1. The summed E-state index contributed by atoms with van der Waals surface area (Å²) in [5, 5.41) is 0.823. The predicted molar refractivity (Wildman–Crippen MR) is 119 cm³/mol. The number of furan rings is 1. The molecule has 1 aromatic carbocycles. The maximum Gasteiger partial charge on any atom is 0.254 e. The lowest BCUT2D eigenvalue weighted by Gasteiger charge is -2.37. The van der Waals surface area contributed by atoms with Crippen LogP contribution in [0.4, 0.5) is 0 Å². The Bertz CT molecular complexity index is 1240. The van der Waals surface area contributed by atoms with Gasteiger partial charge in [-0.2, -0.15) is 0 Å². The first kappa shape index (κ1) is 20.2. The first-order valence-electron chi connectivity index (χ1n) is 10.6. The summed E-state index contributed by atoms with van der Waals surface area (Å²) in [6.45, 7) is 4.44. The summed E-state index contributed by atoms with van der Waals surface area (Å²) in [7, 11) is -2.91. The topological polar surface area (TPSA) is 83.7 Å². The molecule has 1 atom stereocenters. The number of pyridine rings is 1. The maximum atomic E-state index is 13.5. The maximum absolute atomic E-state index is 13.5. The second-order valence-corrected chi connectivity index (χ2v) is 10.6. The molecule has 5 rings (SSSR count). The number of fused-ring (bicyclic) bond motifs is 1. The number of nitrogens with zero attached hydrogens (tertiary/aromatic N) is 3. The minimum atomic E-state index is -2.91. The van der Waals surface area contributed by atoms with E-state index >= 15 is 0 Å². The van der Waals surface area contributed by atoms with Crippen LogP contribution in [0.25, 0.3) is 22.4 Å². The van der Waals surface area contributed by atoms with Gasteiger partial charge in [-0.05, 0) is 37.6 Å². The van der Waals surface area contributed by atoms with Gasteiger partial charge in [0.05, 0.1) is 22.6 Å². The van der Waals surface area contributed by atoms with Crippen LogP contribution in [-0.2, 0) is 9.84 Å². The van der Waals surface area contributed by atoms with E-state index in [9.17, 15) is 13.2 Å². The van der Waals surface area contributed by atoms with Crippen LogP contribution >= 0.6 is 0 Å². The minimum absolute atomic E-state index is 0.0261. The Morgan fingerprint density at radius 3 is 2.55 bits per heavy atom. The largest absolute Gasteiger partial charge is 0.460 e. The van der Waals surface area contributed by atoms with E-state index in [1.807, 2.05) is 54.3 Å². The smallest absolute Gasteiger partial charge is 0.254 e. The molecule has 7 nitrogen and oxygen atoms in total. The number of para-hydroxylation sites is 1. The third-order valence-corrected chi connectivity index (χ3v) is 8.02. The number of carbonyl (C=O) groups is 1. The van der Waals surface area contributed by atoms with Crippen molar-refractivity contribution < 1.29 is 17.6 Å². The molecule has 0 unspecified atom stereocenters. The van der Waals surface area contributed by atoms with Gasteiger partial charge in [0.25, 0.3) is 5.91 Å². The van der Waals surface area contributed by atoms with Crippen LogP contribution in [-0.4, -0.2) is 72.8 Å². The van der Waals surface area contributed by atoms with Crippen molar-refractivity contribution in [2.75, 3.05) is 37.7 Å². The summed E-state index contributed by atoms with van der Waals surface area (Å²) in [4.78, 5) is 22.3. The van der Waals surface area contributed by atoms with Crippen molar-refractivity contribution in [3.63, 3.8) is 0 Å². The fourth-order valence-electron chi connectivity index (χ4n) is 4.57. The molecule has 3 aromatic rings.